The zero-order valence-corrected chi connectivity index (χ0v) is 25.2. The summed E-state index contributed by atoms with van der Waals surface area (Å²) in [5.74, 6) is 1.59. The summed E-state index contributed by atoms with van der Waals surface area (Å²) in [6.45, 7) is 10.5. The average molecular weight is 548 g/mol. The highest BCUT2D eigenvalue weighted by Gasteiger charge is 2.20. The van der Waals surface area contributed by atoms with Crippen LogP contribution in [0.25, 0.3) is 10.9 Å². The van der Waals surface area contributed by atoms with Crippen molar-refractivity contribution in [1.82, 2.24) is 4.57 Å². The lowest BCUT2D eigenvalue weighted by Crippen LogP contribution is -2.24. The van der Waals surface area contributed by atoms with E-state index in [0.717, 1.165) is 60.7 Å². The molecular weight excluding hydrogens is 498 g/mol. The summed E-state index contributed by atoms with van der Waals surface area (Å²) < 4.78 is 20.5. The minimum Gasteiger partial charge on any atom is -0.489 e. The molecule has 0 unspecified atom stereocenters. The van der Waals surface area contributed by atoms with Crippen molar-refractivity contribution >= 4 is 10.9 Å². The highest BCUT2D eigenvalue weighted by atomic mass is 16.5. The summed E-state index contributed by atoms with van der Waals surface area (Å²) in [7, 11) is 0. The third-order valence-electron chi connectivity index (χ3n) is 7.10. The zero-order valence-electron chi connectivity index (χ0n) is 25.2. The van der Waals surface area contributed by atoms with E-state index in [2.05, 4.69) is 13.8 Å². The Labute approximate surface area is 241 Å². The fourth-order valence-corrected chi connectivity index (χ4v) is 4.75. The van der Waals surface area contributed by atoms with E-state index in [1.54, 1.807) is 0 Å². The lowest BCUT2D eigenvalue weighted by molar-refractivity contribution is 0.271. The van der Waals surface area contributed by atoms with Crippen LogP contribution in [-0.4, -0.2) is 17.8 Å². The van der Waals surface area contributed by atoms with Gasteiger partial charge in [-0.25, -0.2) is 0 Å². The first-order valence-electron chi connectivity index (χ1n) is 15.3. The summed E-state index contributed by atoms with van der Waals surface area (Å²) in [5.41, 5.74) is 2.97. The molecule has 1 heterocycles. The molecule has 0 fully saturated rings. The van der Waals surface area contributed by atoms with Gasteiger partial charge in [0.05, 0.1) is 12.1 Å². The van der Waals surface area contributed by atoms with Gasteiger partial charge in [0.2, 0.25) is 5.75 Å². The first-order valence-corrected chi connectivity index (χ1v) is 15.3. The SMILES string of the molecule is CCCCCCCCOc1c(OCC=C(C)C)c2ccc(OCc3ccccc3)cc2n(CCCCCC)c1=O. The third-order valence-corrected chi connectivity index (χ3v) is 7.10. The Bertz CT molecular complexity index is 1240. The summed E-state index contributed by atoms with van der Waals surface area (Å²) in [6, 6.07) is 16.1. The fourth-order valence-electron chi connectivity index (χ4n) is 4.75. The van der Waals surface area contributed by atoms with Gasteiger partial charge >= 0.3 is 0 Å². The minimum atomic E-state index is -0.123. The van der Waals surface area contributed by atoms with E-state index in [1.165, 1.54) is 31.3 Å². The number of nitrogens with zero attached hydrogens (tertiary/aromatic N) is 1. The molecule has 0 bridgehead atoms. The topological polar surface area (TPSA) is 49.7 Å². The van der Waals surface area contributed by atoms with Gasteiger partial charge in [0.15, 0.2) is 5.75 Å². The summed E-state index contributed by atoms with van der Waals surface area (Å²) >= 11 is 0. The van der Waals surface area contributed by atoms with Crippen LogP contribution in [0, 0.1) is 0 Å². The number of benzene rings is 2. The van der Waals surface area contributed by atoms with Crippen LogP contribution < -0.4 is 19.8 Å². The highest BCUT2D eigenvalue weighted by molar-refractivity contribution is 5.89. The van der Waals surface area contributed by atoms with Crippen LogP contribution in [0.5, 0.6) is 17.2 Å². The number of aromatic nitrogens is 1. The molecule has 5 nitrogen and oxygen atoms in total. The van der Waals surface area contributed by atoms with Crippen molar-refractivity contribution in [1.29, 1.82) is 0 Å². The van der Waals surface area contributed by atoms with Crippen molar-refractivity contribution in [2.45, 2.75) is 105 Å². The molecule has 0 saturated carbocycles. The Balaban J connectivity index is 1.95. The first kappa shape index (κ1) is 31.3. The van der Waals surface area contributed by atoms with Gasteiger partial charge in [0.1, 0.15) is 19.0 Å². The van der Waals surface area contributed by atoms with E-state index >= 15 is 0 Å². The van der Waals surface area contributed by atoms with E-state index in [-0.39, 0.29) is 5.56 Å². The Morgan fingerprint density at radius 3 is 2.20 bits per heavy atom. The molecule has 1 aromatic heterocycles. The molecule has 218 valence electrons. The van der Waals surface area contributed by atoms with Crippen molar-refractivity contribution in [2.24, 2.45) is 0 Å². The van der Waals surface area contributed by atoms with E-state index in [0.29, 0.717) is 37.9 Å². The van der Waals surface area contributed by atoms with Gasteiger partial charge in [-0.15, -0.1) is 0 Å². The van der Waals surface area contributed by atoms with Crippen LogP contribution in [0.15, 0.2) is 65.0 Å². The second-order valence-electron chi connectivity index (χ2n) is 10.8. The Morgan fingerprint density at radius 1 is 0.775 bits per heavy atom. The smallest absolute Gasteiger partial charge is 0.297 e. The van der Waals surface area contributed by atoms with Crippen LogP contribution in [0.1, 0.15) is 97.5 Å². The number of unbranched alkanes of at least 4 members (excludes halogenated alkanes) is 8. The second-order valence-corrected chi connectivity index (χ2v) is 10.8. The molecule has 3 rings (SSSR count). The lowest BCUT2D eigenvalue weighted by Gasteiger charge is -2.19. The monoisotopic (exact) mass is 547 g/mol. The number of fused-ring (bicyclic) bond motifs is 1. The van der Waals surface area contributed by atoms with E-state index in [1.807, 2.05) is 73.0 Å². The van der Waals surface area contributed by atoms with Crippen LogP contribution in [-0.2, 0) is 13.2 Å². The first-order chi connectivity index (χ1) is 19.5. The maximum Gasteiger partial charge on any atom is 0.297 e. The number of hydrogen-bond donors (Lipinski definition) is 0. The Hall–Kier alpha value is -3.21. The molecular formula is C35H49NO4. The van der Waals surface area contributed by atoms with Crippen LogP contribution in [0.3, 0.4) is 0 Å². The summed E-state index contributed by atoms with van der Waals surface area (Å²) in [5, 5.41) is 0.877. The quantitative estimate of drug-likeness (QED) is 0.111. The number of hydrogen-bond acceptors (Lipinski definition) is 4. The molecule has 0 radical (unpaired) electrons. The standard InChI is InChI=1S/C35H49NO4/c1-5-7-9-11-12-17-24-38-34-33(39-25-22-28(3)4)31-21-20-30(40-27-29-18-14-13-15-19-29)26-32(31)36(35(34)37)23-16-10-8-6-2/h13-15,18-22,26H,5-12,16-17,23-25,27H2,1-4H3. The number of allylic oxidation sites excluding steroid dienone is 1. The molecule has 0 amide bonds. The van der Waals surface area contributed by atoms with E-state index in [9.17, 15) is 4.79 Å². The van der Waals surface area contributed by atoms with Crippen molar-refractivity contribution in [3.63, 3.8) is 0 Å². The van der Waals surface area contributed by atoms with Crippen molar-refractivity contribution < 1.29 is 14.2 Å². The Kier molecular flexibility index (Phi) is 13.7. The minimum absolute atomic E-state index is 0.123. The van der Waals surface area contributed by atoms with Crippen molar-refractivity contribution in [3.05, 3.63) is 76.1 Å². The highest BCUT2D eigenvalue weighted by Crippen LogP contribution is 2.35. The molecule has 2 aromatic carbocycles. The molecule has 0 saturated heterocycles. The van der Waals surface area contributed by atoms with Crippen molar-refractivity contribution in [2.75, 3.05) is 13.2 Å². The van der Waals surface area contributed by atoms with E-state index in [4.69, 9.17) is 14.2 Å². The summed E-state index contributed by atoms with van der Waals surface area (Å²) in [4.78, 5) is 14.0. The van der Waals surface area contributed by atoms with E-state index < -0.39 is 0 Å². The van der Waals surface area contributed by atoms with Gasteiger partial charge in [0, 0.05) is 18.0 Å². The largest absolute Gasteiger partial charge is 0.489 e. The number of ether oxygens (including phenoxy) is 3. The molecule has 0 aliphatic heterocycles. The third kappa shape index (κ3) is 9.76. The molecule has 0 N–H and O–H groups in total. The van der Waals surface area contributed by atoms with Crippen LogP contribution in [0.4, 0.5) is 0 Å². The van der Waals surface area contributed by atoms with Crippen molar-refractivity contribution in [3.8, 4) is 17.2 Å². The molecule has 0 spiro atoms. The maximum atomic E-state index is 14.0. The van der Waals surface area contributed by atoms with Gasteiger partial charge in [0.25, 0.3) is 5.56 Å². The molecule has 3 aromatic rings. The Morgan fingerprint density at radius 2 is 1.48 bits per heavy atom. The molecule has 0 aliphatic rings. The molecule has 40 heavy (non-hydrogen) atoms. The maximum absolute atomic E-state index is 14.0. The second kappa shape index (κ2) is 17.5. The lowest BCUT2D eigenvalue weighted by atomic mass is 10.1. The predicted octanol–water partition coefficient (Wildman–Crippen LogP) is 9.25. The zero-order chi connectivity index (χ0) is 28.6. The van der Waals surface area contributed by atoms with Gasteiger partial charge in [-0.1, -0.05) is 101 Å². The fraction of sp³-hybridized carbons (Fsp3) is 0.514. The normalized spacial score (nSPS) is 11.0. The average Bonchev–Trinajstić information content (AvgIpc) is 2.96. The van der Waals surface area contributed by atoms with Gasteiger partial charge < -0.3 is 18.8 Å². The summed E-state index contributed by atoms with van der Waals surface area (Å²) in [6.07, 6.45) is 13.3. The van der Waals surface area contributed by atoms with Gasteiger partial charge in [-0.3, -0.25) is 4.79 Å². The molecule has 5 heteroatoms. The molecule has 0 aliphatic carbocycles. The number of aryl methyl sites for hydroxylation is 1. The van der Waals surface area contributed by atoms with Crippen LogP contribution >= 0.6 is 0 Å². The number of rotatable bonds is 19. The molecule has 0 atom stereocenters. The predicted molar refractivity (Wildman–Crippen MR) is 167 cm³/mol. The van der Waals surface area contributed by atoms with Crippen LogP contribution in [0.2, 0.25) is 0 Å². The number of pyridine rings is 1. The van der Waals surface area contributed by atoms with Gasteiger partial charge in [-0.2, -0.15) is 0 Å². The van der Waals surface area contributed by atoms with Gasteiger partial charge in [-0.05, 0) is 50.5 Å².